The van der Waals surface area contributed by atoms with Gasteiger partial charge in [-0.3, -0.25) is 4.79 Å². The number of β-amino-alcohol motifs (C(OH)–C–C–N with tert-alkyl or cyclic N) is 1. The predicted octanol–water partition coefficient (Wildman–Crippen LogP) is 2.50. The molecule has 176 valence electrons. The Balaban J connectivity index is 1.40. The van der Waals surface area contributed by atoms with Gasteiger partial charge in [-0.05, 0) is 56.1 Å². The van der Waals surface area contributed by atoms with Crippen molar-refractivity contribution < 1.29 is 5.11 Å². The summed E-state index contributed by atoms with van der Waals surface area (Å²) in [5.74, 6) is 1.26. The molecule has 0 radical (unpaired) electrons. The summed E-state index contributed by atoms with van der Waals surface area (Å²) in [5, 5.41) is 22.0. The van der Waals surface area contributed by atoms with Crippen LogP contribution in [0.25, 0.3) is 16.7 Å². The van der Waals surface area contributed by atoms with Crippen molar-refractivity contribution in [1.29, 1.82) is 0 Å². The van der Waals surface area contributed by atoms with Gasteiger partial charge in [-0.1, -0.05) is 17.7 Å². The Labute approximate surface area is 201 Å². The van der Waals surface area contributed by atoms with E-state index in [1.165, 1.54) is 0 Å². The number of aromatic amines is 1. The van der Waals surface area contributed by atoms with E-state index in [1.54, 1.807) is 23.0 Å². The van der Waals surface area contributed by atoms with Gasteiger partial charge in [0.1, 0.15) is 5.82 Å². The summed E-state index contributed by atoms with van der Waals surface area (Å²) in [6, 6.07) is 7.12. The maximum atomic E-state index is 12.7. The Kier molecular flexibility index (Phi) is 6.07. The molecule has 4 heterocycles. The summed E-state index contributed by atoms with van der Waals surface area (Å²) in [7, 11) is 0. The van der Waals surface area contributed by atoms with Crippen LogP contribution < -0.4 is 16.2 Å². The van der Waals surface area contributed by atoms with E-state index < -0.39 is 6.10 Å². The predicted molar refractivity (Wildman–Crippen MR) is 132 cm³/mol. The van der Waals surface area contributed by atoms with Gasteiger partial charge in [0.25, 0.3) is 5.56 Å². The first kappa shape index (κ1) is 22.5. The van der Waals surface area contributed by atoms with Crippen LogP contribution in [0.15, 0.2) is 41.5 Å². The molecule has 0 spiro atoms. The van der Waals surface area contributed by atoms with E-state index in [0.717, 1.165) is 35.6 Å². The molecule has 10 heteroatoms. The van der Waals surface area contributed by atoms with Crippen LogP contribution in [-0.2, 0) is 6.42 Å². The monoisotopic (exact) mass is 479 g/mol. The van der Waals surface area contributed by atoms with Crippen LogP contribution >= 0.6 is 11.6 Å². The van der Waals surface area contributed by atoms with Crippen LogP contribution in [0, 0.1) is 13.8 Å². The zero-order valence-electron chi connectivity index (χ0n) is 19.0. The SMILES string of the molecule is Cc1cn(-c2ccc(Cc3nc4cc(N[C@H]5CCNC[C@@H]5O)c(Cl)cc4c(=O)[nH]3)cn2)nc1C. The van der Waals surface area contributed by atoms with Crippen molar-refractivity contribution in [3.05, 3.63) is 74.7 Å². The van der Waals surface area contributed by atoms with Crippen molar-refractivity contribution in [3.63, 3.8) is 0 Å². The molecule has 0 bridgehead atoms. The van der Waals surface area contributed by atoms with E-state index >= 15 is 0 Å². The van der Waals surface area contributed by atoms with Gasteiger partial charge in [-0.15, -0.1) is 0 Å². The molecule has 0 unspecified atom stereocenters. The molecular weight excluding hydrogens is 454 g/mol. The number of aromatic nitrogens is 5. The summed E-state index contributed by atoms with van der Waals surface area (Å²) in [5.41, 5.74) is 3.93. The number of aryl methyl sites for hydroxylation is 2. The molecule has 9 nitrogen and oxygen atoms in total. The summed E-state index contributed by atoms with van der Waals surface area (Å²) in [4.78, 5) is 24.7. The van der Waals surface area contributed by atoms with Gasteiger partial charge in [0.15, 0.2) is 5.82 Å². The number of hydrogen-bond donors (Lipinski definition) is 4. The van der Waals surface area contributed by atoms with Gasteiger partial charge in [0, 0.05) is 25.4 Å². The number of benzene rings is 1. The highest BCUT2D eigenvalue weighted by Gasteiger charge is 2.23. The molecule has 2 atom stereocenters. The number of aliphatic hydroxyl groups excluding tert-OH is 1. The third-order valence-electron chi connectivity index (χ3n) is 6.19. The third kappa shape index (κ3) is 4.54. The number of hydrogen-bond acceptors (Lipinski definition) is 7. The Bertz CT molecular complexity index is 1380. The Morgan fingerprint density at radius 1 is 1.29 bits per heavy atom. The van der Waals surface area contributed by atoms with Crippen LogP contribution in [0.3, 0.4) is 0 Å². The normalized spacial score (nSPS) is 18.4. The number of nitrogens with zero attached hydrogens (tertiary/aromatic N) is 4. The molecule has 1 fully saturated rings. The van der Waals surface area contributed by atoms with Crippen LogP contribution in [0.2, 0.25) is 5.02 Å². The van der Waals surface area contributed by atoms with Crippen molar-refractivity contribution in [1.82, 2.24) is 30.0 Å². The number of halogens is 1. The molecule has 1 aromatic carbocycles. The lowest BCUT2D eigenvalue weighted by molar-refractivity contribution is 0.128. The molecule has 4 N–H and O–H groups in total. The van der Waals surface area contributed by atoms with Gasteiger partial charge < -0.3 is 20.7 Å². The van der Waals surface area contributed by atoms with Crippen molar-refractivity contribution in [2.75, 3.05) is 18.4 Å². The standard InChI is InChI=1S/C24H26ClN7O2/c1-13-12-32(31-14(13)2)23-4-3-15(10-27-23)7-22-29-19-9-20(17(25)8-16(19)24(34)30-22)28-18-5-6-26-11-21(18)33/h3-4,8-10,12,18,21,26,28,33H,5-7,11H2,1-2H3,(H,29,30,34)/t18-,21-/m0/s1. The number of pyridine rings is 1. The lowest BCUT2D eigenvalue weighted by Gasteiger charge is -2.30. The molecule has 0 aliphatic carbocycles. The molecule has 3 aromatic heterocycles. The van der Waals surface area contributed by atoms with Gasteiger partial charge in [0.2, 0.25) is 0 Å². The average Bonchev–Trinajstić information content (AvgIpc) is 3.15. The molecule has 0 amide bonds. The van der Waals surface area contributed by atoms with E-state index in [2.05, 4.69) is 30.7 Å². The molecule has 5 rings (SSSR count). The highest BCUT2D eigenvalue weighted by Crippen LogP contribution is 2.28. The summed E-state index contributed by atoms with van der Waals surface area (Å²) in [6.07, 6.45) is 4.38. The first-order valence-electron chi connectivity index (χ1n) is 11.2. The zero-order valence-corrected chi connectivity index (χ0v) is 19.7. The lowest BCUT2D eigenvalue weighted by atomic mass is 10.0. The molecule has 0 saturated carbocycles. The summed E-state index contributed by atoms with van der Waals surface area (Å²) in [6.45, 7) is 5.31. The summed E-state index contributed by atoms with van der Waals surface area (Å²) >= 11 is 6.43. The van der Waals surface area contributed by atoms with E-state index in [-0.39, 0.29) is 11.6 Å². The van der Waals surface area contributed by atoms with E-state index in [9.17, 15) is 9.90 Å². The first-order valence-corrected chi connectivity index (χ1v) is 11.6. The number of fused-ring (bicyclic) bond motifs is 1. The fraction of sp³-hybridized carbons (Fsp3) is 0.333. The molecule has 1 aliphatic rings. The maximum Gasteiger partial charge on any atom is 0.258 e. The Morgan fingerprint density at radius 3 is 2.85 bits per heavy atom. The number of piperidine rings is 1. The van der Waals surface area contributed by atoms with Gasteiger partial charge >= 0.3 is 0 Å². The quantitative estimate of drug-likeness (QED) is 0.347. The van der Waals surface area contributed by atoms with Crippen LogP contribution in [0.5, 0.6) is 0 Å². The largest absolute Gasteiger partial charge is 0.390 e. The van der Waals surface area contributed by atoms with E-state index in [4.69, 9.17) is 11.6 Å². The minimum atomic E-state index is -0.520. The maximum absolute atomic E-state index is 12.7. The number of rotatable bonds is 5. The van der Waals surface area contributed by atoms with Crippen molar-refractivity contribution in [3.8, 4) is 5.82 Å². The molecule has 1 saturated heterocycles. The van der Waals surface area contributed by atoms with Gasteiger partial charge in [-0.2, -0.15) is 5.10 Å². The van der Waals surface area contributed by atoms with Crippen molar-refractivity contribution in [2.45, 2.75) is 38.8 Å². The lowest BCUT2D eigenvalue weighted by Crippen LogP contribution is -2.47. The Morgan fingerprint density at radius 2 is 2.15 bits per heavy atom. The van der Waals surface area contributed by atoms with Crippen molar-refractivity contribution in [2.24, 2.45) is 0 Å². The number of anilines is 1. The highest BCUT2D eigenvalue weighted by molar-refractivity contribution is 6.34. The van der Waals surface area contributed by atoms with Crippen LogP contribution in [-0.4, -0.2) is 55.1 Å². The summed E-state index contributed by atoms with van der Waals surface area (Å²) < 4.78 is 1.75. The van der Waals surface area contributed by atoms with Crippen LogP contribution in [0.1, 0.15) is 29.1 Å². The molecule has 1 aliphatic heterocycles. The second-order valence-corrected chi connectivity index (χ2v) is 9.12. The second-order valence-electron chi connectivity index (χ2n) is 8.72. The fourth-order valence-electron chi connectivity index (χ4n) is 4.13. The second kappa shape index (κ2) is 9.17. The minimum absolute atomic E-state index is 0.121. The van der Waals surface area contributed by atoms with E-state index in [0.29, 0.717) is 40.4 Å². The number of H-pyrrole nitrogens is 1. The number of aliphatic hydroxyl groups is 1. The zero-order chi connectivity index (χ0) is 23.8. The molecular formula is C24H26ClN7O2. The van der Waals surface area contributed by atoms with Gasteiger partial charge in [-0.25, -0.2) is 14.6 Å². The smallest absolute Gasteiger partial charge is 0.258 e. The van der Waals surface area contributed by atoms with Crippen LogP contribution in [0.4, 0.5) is 5.69 Å². The number of nitrogens with one attached hydrogen (secondary N) is 3. The fourth-order valence-corrected chi connectivity index (χ4v) is 4.34. The molecule has 4 aromatic rings. The first-order chi connectivity index (χ1) is 16.4. The minimum Gasteiger partial charge on any atom is -0.390 e. The Hall–Kier alpha value is -3.27. The highest BCUT2D eigenvalue weighted by atomic mass is 35.5. The van der Waals surface area contributed by atoms with E-state index in [1.807, 2.05) is 32.2 Å². The third-order valence-corrected chi connectivity index (χ3v) is 6.51. The molecule has 34 heavy (non-hydrogen) atoms. The topological polar surface area (TPSA) is 121 Å². The van der Waals surface area contributed by atoms with Crippen molar-refractivity contribution >= 4 is 28.2 Å². The average molecular weight is 480 g/mol. The van der Waals surface area contributed by atoms with Gasteiger partial charge in [0.05, 0.1) is 39.5 Å².